The Bertz CT molecular complexity index is 817. The fraction of sp³-hybridized carbons (Fsp3) is 0.421. The Morgan fingerprint density at radius 1 is 1.33 bits per heavy atom. The quantitative estimate of drug-likeness (QED) is 0.593. The van der Waals surface area contributed by atoms with Crippen molar-refractivity contribution in [3.63, 3.8) is 0 Å². The number of amides is 1. The molecule has 1 heterocycles. The lowest BCUT2D eigenvalue weighted by Gasteiger charge is -2.16. The van der Waals surface area contributed by atoms with Crippen molar-refractivity contribution in [3.8, 4) is 5.69 Å². The summed E-state index contributed by atoms with van der Waals surface area (Å²) in [6.45, 7) is 2.12. The standard InChI is InChI=1S/C19H23N5O3/c1-14(18(25)20-11-10-15-6-3-2-4-7-15)27-19(26)16-8-5-9-17(12-16)24-13-21-22-23-24/h5-6,8-9,12-14H,2-4,7,10-11H2,1H3,(H,20,25). The molecule has 0 spiro atoms. The van der Waals surface area contributed by atoms with Gasteiger partial charge in [-0.2, -0.15) is 0 Å². The van der Waals surface area contributed by atoms with E-state index in [4.69, 9.17) is 4.74 Å². The molecular formula is C19H23N5O3. The second kappa shape index (κ2) is 9.07. The minimum Gasteiger partial charge on any atom is -0.449 e. The van der Waals surface area contributed by atoms with Crippen molar-refractivity contribution in [3.05, 3.63) is 47.8 Å². The summed E-state index contributed by atoms with van der Waals surface area (Å²) >= 11 is 0. The Hall–Kier alpha value is -3.03. The van der Waals surface area contributed by atoms with E-state index in [9.17, 15) is 9.59 Å². The molecule has 0 aliphatic heterocycles. The average molecular weight is 369 g/mol. The molecule has 1 aliphatic carbocycles. The zero-order valence-corrected chi connectivity index (χ0v) is 15.3. The first kappa shape index (κ1) is 18.8. The van der Waals surface area contributed by atoms with E-state index in [1.165, 1.54) is 29.4 Å². The van der Waals surface area contributed by atoms with E-state index >= 15 is 0 Å². The molecule has 8 heteroatoms. The number of esters is 1. The first-order valence-corrected chi connectivity index (χ1v) is 9.13. The minimum atomic E-state index is -0.866. The van der Waals surface area contributed by atoms with Gasteiger partial charge in [0.25, 0.3) is 5.91 Å². The number of nitrogens with zero attached hydrogens (tertiary/aromatic N) is 4. The number of nitrogens with one attached hydrogen (secondary N) is 1. The molecule has 0 saturated carbocycles. The molecule has 2 aromatic rings. The summed E-state index contributed by atoms with van der Waals surface area (Å²) in [4.78, 5) is 24.5. The Morgan fingerprint density at radius 2 is 2.22 bits per heavy atom. The van der Waals surface area contributed by atoms with E-state index in [1.54, 1.807) is 31.2 Å². The number of carbonyl (C=O) groups is 2. The van der Waals surface area contributed by atoms with Crippen molar-refractivity contribution < 1.29 is 14.3 Å². The number of allylic oxidation sites excluding steroid dienone is 1. The molecule has 1 aliphatic rings. The Morgan fingerprint density at radius 3 is 2.96 bits per heavy atom. The van der Waals surface area contributed by atoms with Crippen LogP contribution >= 0.6 is 0 Å². The molecule has 3 rings (SSSR count). The summed E-state index contributed by atoms with van der Waals surface area (Å²) in [6.07, 6.45) is 8.38. The van der Waals surface area contributed by atoms with E-state index in [0.29, 0.717) is 17.8 Å². The van der Waals surface area contributed by atoms with Gasteiger partial charge in [0.15, 0.2) is 6.10 Å². The second-order valence-electron chi connectivity index (χ2n) is 6.50. The Kier molecular flexibility index (Phi) is 6.30. The van der Waals surface area contributed by atoms with E-state index in [0.717, 1.165) is 19.3 Å². The van der Waals surface area contributed by atoms with Crippen molar-refractivity contribution in [2.75, 3.05) is 6.54 Å². The van der Waals surface area contributed by atoms with Crippen LogP contribution in [0.25, 0.3) is 5.69 Å². The molecule has 1 atom stereocenters. The van der Waals surface area contributed by atoms with Gasteiger partial charge in [-0.25, -0.2) is 9.48 Å². The molecule has 0 bridgehead atoms. The van der Waals surface area contributed by atoms with Crippen LogP contribution in [0.5, 0.6) is 0 Å². The van der Waals surface area contributed by atoms with Crippen molar-refractivity contribution in [1.29, 1.82) is 0 Å². The largest absolute Gasteiger partial charge is 0.449 e. The van der Waals surface area contributed by atoms with Crippen LogP contribution in [0.4, 0.5) is 0 Å². The van der Waals surface area contributed by atoms with Gasteiger partial charge in [-0.3, -0.25) is 4.79 Å². The normalized spacial score (nSPS) is 14.9. The number of benzene rings is 1. The molecule has 1 unspecified atom stereocenters. The summed E-state index contributed by atoms with van der Waals surface area (Å²) in [5.74, 6) is -0.862. The summed E-state index contributed by atoms with van der Waals surface area (Å²) < 4.78 is 6.72. The van der Waals surface area contributed by atoms with Crippen molar-refractivity contribution in [2.24, 2.45) is 0 Å². The van der Waals surface area contributed by atoms with E-state index in [1.807, 2.05) is 0 Å². The number of ether oxygens (including phenoxy) is 1. The zero-order chi connectivity index (χ0) is 19.1. The monoisotopic (exact) mass is 369 g/mol. The predicted octanol–water partition coefficient (Wildman–Crippen LogP) is 2.21. The molecule has 27 heavy (non-hydrogen) atoms. The smallest absolute Gasteiger partial charge is 0.338 e. The second-order valence-corrected chi connectivity index (χ2v) is 6.50. The van der Waals surface area contributed by atoms with Crippen LogP contribution in [-0.4, -0.2) is 44.7 Å². The summed E-state index contributed by atoms with van der Waals surface area (Å²) in [5, 5.41) is 13.7. The van der Waals surface area contributed by atoms with Crippen LogP contribution < -0.4 is 5.32 Å². The number of hydrogen-bond donors (Lipinski definition) is 1. The third-order valence-electron chi connectivity index (χ3n) is 4.48. The lowest BCUT2D eigenvalue weighted by molar-refractivity contribution is -0.129. The first-order valence-electron chi connectivity index (χ1n) is 9.13. The minimum absolute atomic E-state index is 0.295. The number of aromatic nitrogens is 4. The molecule has 142 valence electrons. The van der Waals surface area contributed by atoms with Crippen molar-refractivity contribution in [1.82, 2.24) is 25.5 Å². The van der Waals surface area contributed by atoms with Crippen LogP contribution in [0, 0.1) is 0 Å². The van der Waals surface area contributed by atoms with Gasteiger partial charge in [0.2, 0.25) is 0 Å². The topological polar surface area (TPSA) is 99.0 Å². The number of tetrazole rings is 1. The highest BCUT2D eigenvalue weighted by Gasteiger charge is 2.19. The average Bonchev–Trinajstić information content (AvgIpc) is 3.23. The van der Waals surface area contributed by atoms with Gasteiger partial charge in [0.1, 0.15) is 6.33 Å². The first-order chi connectivity index (χ1) is 13.1. The van der Waals surface area contributed by atoms with Gasteiger partial charge in [-0.1, -0.05) is 17.7 Å². The van der Waals surface area contributed by atoms with Crippen molar-refractivity contribution >= 4 is 11.9 Å². The molecule has 1 aromatic carbocycles. The van der Waals surface area contributed by atoms with E-state index < -0.39 is 12.1 Å². The molecule has 1 aromatic heterocycles. The zero-order valence-electron chi connectivity index (χ0n) is 15.3. The highest BCUT2D eigenvalue weighted by molar-refractivity contribution is 5.92. The van der Waals surface area contributed by atoms with Crippen LogP contribution in [0.1, 0.15) is 49.4 Å². The molecule has 0 radical (unpaired) electrons. The molecule has 8 nitrogen and oxygen atoms in total. The van der Waals surface area contributed by atoms with Gasteiger partial charge in [-0.15, -0.1) is 5.10 Å². The van der Waals surface area contributed by atoms with Gasteiger partial charge >= 0.3 is 5.97 Å². The maximum atomic E-state index is 12.3. The Labute approximate surface area is 157 Å². The van der Waals surface area contributed by atoms with Crippen LogP contribution in [0.15, 0.2) is 42.2 Å². The molecule has 1 amide bonds. The van der Waals surface area contributed by atoms with Crippen LogP contribution in [-0.2, 0) is 9.53 Å². The van der Waals surface area contributed by atoms with Gasteiger partial charge < -0.3 is 10.1 Å². The van der Waals surface area contributed by atoms with E-state index in [2.05, 4.69) is 26.9 Å². The maximum absolute atomic E-state index is 12.3. The number of hydrogen-bond acceptors (Lipinski definition) is 6. The molecular weight excluding hydrogens is 346 g/mol. The number of carbonyl (C=O) groups excluding carboxylic acids is 2. The highest BCUT2D eigenvalue weighted by Crippen LogP contribution is 2.19. The predicted molar refractivity (Wildman–Crippen MR) is 98.2 cm³/mol. The molecule has 0 fully saturated rings. The third-order valence-corrected chi connectivity index (χ3v) is 4.48. The maximum Gasteiger partial charge on any atom is 0.338 e. The molecule has 0 saturated heterocycles. The number of rotatable bonds is 7. The van der Waals surface area contributed by atoms with Gasteiger partial charge in [0, 0.05) is 6.54 Å². The summed E-state index contributed by atoms with van der Waals surface area (Å²) in [5.41, 5.74) is 2.35. The SMILES string of the molecule is CC(OC(=O)c1cccc(-n2cnnn2)c1)C(=O)NCCC1=CCCCC1. The Balaban J connectivity index is 1.50. The van der Waals surface area contributed by atoms with E-state index in [-0.39, 0.29) is 5.91 Å². The van der Waals surface area contributed by atoms with Crippen molar-refractivity contribution in [2.45, 2.75) is 45.1 Å². The highest BCUT2D eigenvalue weighted by atomic mass is 16.5. The fourth-order valence-electron chi connectivity index (χ4n) is 2.96. The fourth-order valence-corrected chi connectivity index (χ4v) is 2.96. The molecule has 1 N–H and O–H groups in total. The van der Waals surface area contributed by atoms with Gasteiger partial charge in [-0.05, 0) is 67.7 Å². The van der Waals surface area contributed by atoms with Crippen LogP contribution in [0.3, 0.4) is 0 Å². The lowest BCUT2D eigenvalue weighted by Crippen LogP contribution is -2.36. The summed E-state index contributed by atoms with van der Waals surface area (Å²) in [7, 11) is 0. The lowest BCUT2D eigenvalue weighted by atomic mass is 9.97. The van der Waals surface area contributed by atoms with Crippen LogP contribution in [0.2, 0.25) is 0 Å². The third kappa shape index (κ3) is 5.22. The van der Waals surface area contributed by atoms with Gasteiger partial charge in [0.05, 0.1) is 11.3 Å². The summed E-state index contributed by atoms with van der Waals surface area (Å²) in [6, 6.07) is 6.70.